The summed E-state index contributed by atoms with van der Waals surface area (Å²) < 4.78 is 1.86. The quantitative estimate of drug-likeness (QED) is 0.564. The first-order chi connectivity index (χ1) is 14.8. The van der Waals surface area contributed by atoms with Crippen molar-refractivity contribution >= 4 is 17.4 Å². The van der Waals surface area contributed by atoms with Crippen molar-refractivity contribution in [3.63, 3.8) is 0 Å². The van der Waals surface area contributed by atoms with E-state index in [0.717, 1.165) is 48.2 Å². The zero-order valence-corrected chi connectivity index (χ0v) is 17.1. The molecule has 3 heterocycles. The van der Waals surface area contributed by atoms with Gasteiger partial charge in [0.25, 0.3) is 5.91 Å². The lowest BCUT2D eigenvalue weighted by Gasteiger charge is -2.23. The van der Waals surface area contributed by atoms with Crippen LogP contribution >= 0.6 is 0 Å². The first-order valence-corrected chi connectivity index (χ1v) is 11.0. The second kappa shape index (κ2) is 8.44. The van der Waals surface area contributed by atoms with Crippen molar-refractivity contribution in [3.8, 4) is 11.3 Å². The number of nitrogens with one attached hydrogen (secondary N) is 3. The second-order valence-electron chi connectivity index (χ2n) is 8.39. The molecule has 0 bridgehead atoms. The Kier molecular flexibility index (Phi) is 5.36. The van der Waals surface area contributed by atoms with Crippen LogP contribution in [0.1, 0.15) is 42.5 Å². The van der Waals surface area contributed by atoms with Crippen molar-refractivity contribution in [3.05, 3.63) is 48.2 Å². The summed E-state index contributed by atoms with van der Waals surface area (Å²) in [4.78, 5) is 17.0. The Morgan fingerprint density at radius 1 is 1.07 bits per heavy atom. The molecule has 1 amide bonds. The van der Waals surface area contributed by atoms with Gasteiger partial charge in [0, 0.05) is 30.3 Å². The van der Waals surface area contributed by atoms with Crippen molar-refractivity contribution < 1.29 is 4.79 Å². The third kappa shape index (κ3) is 4.31. The van der Waals surface area contributed by atoms with E-state index in [2.05, 4.69) is 20.9 Å². The number of anilines is 1. The molecule has 1 atom stereocenters. The summed E-state index contributed by atoms with van der Waals surface area (Å²) in [5.74, 6) is 1.62. The molecule has 1 saturated heterocycles. The molecular formula is C23H28N6O. The Bertz CT molecular complexity index is 1020. The predicted octanol–water partition coefficient (Wildman–Crippen LogP) is 3.09. The van der Waals surface area contributed by atoms with Crippen LogP contribution in [-0.4, -0.2) is 46.2 Å². The Balaban J connectivity index is 1.27. The molecule has 0 unspecified atom stereocenters. The minimum atomic E-state index is -0.0308. The first-order valence-electron chi connectivity index (χ1n) is 11.0. The largest absolute Gasteiger partial charge is 0.368 e. The summed E-state index contributed by atoms with van der Waals surface area (Å²) >= 11 is 0. The number of carbonyl (C=O) groups excluding carboxylic acids is 1. The van der Waals surface area contributed by atoms with E-state index in [0.29, 0.717) is 18.2 Å². The third-order valence-electron chi connectivity index (χ3n) is 6.00. The molecule has 1 aliphatic carbocycles. The Labute approximate surface area is 176 Å². The molecule has 2 fully saturated rings. The van der Waals surface area contributed by atoms with E-state index < -0.39 is 0 Å². The topological polar surface area (TPSA) is 83.3 Å². The van der Waals surface area contributed by atoms with Crippen LogP contribution in [0, 0.1) is 5.92 Å². The number of imidazole rings is 1. The number of benzene rings is 1. The molecule has 2 aliphatic rings. The van der Waals surface area contributed by atoms with Crippen LogP contribution in [0.3, 0.4) is 0 Å². The molecule has 1 aliphatic heterocycles. The number of fused-ring (bicyclic) bond motifs is 1. The van der Waals surface area contributed by atoms with Crippen LogP contribution in [-0.2, 0) is 0 Å². The molecule has 3 aromatic rings. The van der Waals surface area contributed by atoms with Gasteiger partial charge in [-0.25, -0.2) is 9.50 Å². The van der Waals surface area contributed by atoms with E-state index in [-0.39, 0.29) is 5.91 Å². The fourth-order valence-corrected chi connectivity index (χ4v) is 3.94. The Morgan fingerprint density at radius 3 is 2.70 bits per heavy atom. The lowest BCUT2D eigenvalue weighted by atomic mass is 10.0. The summed E-state index contributed by atoms with van der Waals surface area (Å²) in [5, 5.41) is 14.6. The van der Waals surface area contributed by atoms with Gasteiger partial charge < -0.3 is 16.0 Å². The molecule has 0 spiro atoms. The minimum absolute atomic E-state index is 0.0308. The van der Waals surface area contributed by atoms with Crippen LogP contribution in [0.5, 0.6) is 0 Å². The maximum atomic E-state index is 12.5. The maximum absolute atomic E-state index is 12.5. The van der Waals surface area contributed by atoms with Crippen molar-refractivity contribution in [1.29, 1.82) is 0 Å². The van der Waals surface area contributed by atoms with Crippen LogP contribution in [0.15, 0.2) is 42.6 Å². The molecule has 5 rings (SSSR count). The molecule has 7 heteroatoms. The van der Waals surface area contributed by atoms with Gasteiger partial charge >= 0.3 is 0 Å². The van der Waals surface area contributed by atoms with Gasteiger partial charge in [-0.2, -0.15) is 0 Å². The monoisotopic (exact) mass is 404 g/mol. The molecule has 1 aromatic carbocycles. The van der Waals surface area contributed by atoms with Gasteiger partial charge in [-0.1, -0.05) is 18.6 Å². The normalized spacial score (nSPS) is 19.0. The SMILES string of the molecule is O=C(NC[C@@H]1CCCCN1)c1ccc(-c2cnc3ccc(NCC4CC4)nn23)cc1. The lowest BCUT2D eigenvalue weighted by Crippen LogP contribution is -2.43. The number of hydrogen-bond donors (Lipinski definition) is 3. The minimum Gasteiger partial charge on any atom is -0.368 e. The van der Waals surface area contributed by atoms with E-state index in [1.165, 1.54) is 25.7 Å². The summed E-state index contributed by atoms with van der Waals surface area (Å²) in [6.45, 7) is 2.69. The number of hydrogen-bond acceptors (Lipinski definition) is 5. The van der Waals surface area contributed by atoms with Crippen molar-refractivity contribution in [1.82, 2.24) is 25.2 Å². The van der Waals surface area contributed by atoms with Gasteiger partial charge in [0.15, 0.2) is 5.65 Å². The highest BCUT2D eigenvalue weighted by molar-refractivity contribution is 5.94. The van der Waals surface area contributed by atoms with Gasteiger partial charge in [0.1, 0.15) is 5.82 Å². The van der Waals surface area contributed by atoms with Crippen molar-refractivity contribution in [2.45, 2.75) is 38.1 Å². The summed E-state index contributed by atoms with van der Waals surface area (Å²) in [5.41, 5.74) is 3.38. The van der Waals surface area contributed by atoms with Gasteiger partial charge in [-0.3, -0.25) is 4.79 Å². The average molecular weight is 405 g/mol. The van der Waals surface area contributed by atoms with Crippen LogP contribution in [0.25, 0.3) is 16.9 Å². The molecule has 2 aromatic heterocycles. The Morgan fingerprint density at radius 2 is 1.93 bits per heavy atom. The van der Waals surface area contributed by atoms with Gasteiger partial charge in [-0.05, 0) is 62.4 Å². The molecular weight excluding hydrogens is 376 g/mol. The van der Waals surface area contributed by atoms with Gasteiger partial charge in [0.2, 0.25) is 0 Å². The Hall–Kier alpha value is -2.93. The third-order valence-corrected chi connectivity index (χ3v) is 6.00. The highest BCUT2D eigenvalue weighted by Gasteiger charge is 2.21. The predicted molar refractivity (Wildman–Crippen MR) is 118 cm³/mol. The van der Waals surface area contributed by atoms with Crippen LogP contribution in [0.2, 0.25) is 0 Å². The van der Waals surface area contributed by atoms with Crippen LogP contribution in [0.4, 0.5) is 5.82 Å². The molecule has 0 radical (unpaired) electrons. The van der Waals surface area contributed by atoms with E-state index in [9.17, 15) is 4.79 Å². The van der Waals surface area contributed by atoms with Gasteiger partial charge in [-0.15, -0.1) is 5.10 Å². The van der Waals surface area contributed by atoms with E-state index in [4.69, 9.17) is 5.10 Å². The summed E-state index contributed by atoms with van der Waals surface area (Å²) in [7, 11) is 0. The molecule has 1 saturated carbocycles. The number of amides is 1. The van der Waals surface area contributed by atoms with Crippen molar-refractivity contribution in [2.24, 2.45) is 5.92 Å². The van der Waals surface area contributed by atoms with E-state index in [1.807, 2.05) is 47.1 Å². The first kappa shape index (κ1) is 19.1. The fraction of sp³-hybridized carbons (Fsp3) is 0.435. The molecule has 3 N–H and O–H groups in total. The van der Waals surface area contributed by atoms with Crippen molar-refractivity contribution in [2.75, 3.05) is 25.0 Å². The molecule has 30 heavy (non-hydrogen) atoms. The smallest absolute Gasteiger partial charge is 0.251 e. The number of nitrogens with zero attached hydrogens (tertiary/aromatic N) is 3. The lowest BCUT2D eigenvalue weighted by molar-refractivity contribution is 0.0948. The number of carbonyl (C=O) groups is 1. The van der Waals surface area contributed by atoms with E-state index in [1.54, 1.807) is 0 Å². The van der Waals surface area contributed by atoms with E-state index >= 15 is 0 Å². The summed E-state index contributed by atoms with van der Waals surface area (Å²) in [6, 6.07) is 12.0. The second-order valence-corrected chi connectivity index (χ2v) is 8.39. The molecule has 7 nitrogen and oxygen atoms in total. The van der Waals surface area contributed by atoms with Gasteiger partial charge in [0.05, 0.1) is 11.9 Å². The highest BCUT2D eigenvalue weighted by atomic mass is 16.1. The highest BCUT2D eigenvalue weighted by Crippen LogP contribution is 2.29. The average Bonchev–Trinajstić information content (AvgIpc) is 3.54. The maximum Gasteiger partial charge on any atom is 0.251 e. The number of piperidine rings is 1. The summed E-state index contributed by atoms with van der Waals surface area (Å²) in [6.07, 6.45) is 8.02. The zero-order chi connectivity index (χ0) is 20.3. The molecule has 156 valence electrons. The fourth-order valence-electron chi connectivity index (χ4n) is 3.94. The number of rotatable bonds is 7. The zero-order valence-electron chi connectivity index (χ0n) is 17.1. The van der Waals surface area contributed by atoms with Crippen LogP contribution < -0.4 is 16.0 Å². The standard InChI is InChI=1S/C23H28N6O/c30-23(27-14-19-3-1-2-12-24-19)18-8-6-17(7-9-18)20-15-26-22-11-10-21(28-29(20)22)25-13-16-4-5-16/h6-11,15-16,19,24H,1-5,12-14H2,(H,25,28)(H,27,30)/t19-/m0/s1. The number of aromatic nitrogens is 3.